The summed E-state index contributed by atoms with van der Waals surface area (Å²) in [6.45, 7) is 2.16. The van der Waals surface area contributed by atoms with E-state index in [1.165, 1.54) is 5.56 Å². The number of ether oxygens (including phenoxy) is 2. The Morgan fingerprint density at radius 1 is 0.944 bits per heavy atom. The lowest BCUT2D eigenvalue weighted by molar-refractivity contribution is 0.411. The molecule has 0 unspecified atom stereocenters. The van der Waals surface area contributed by atoms with Crippen LogP contribution in [0.15, 0.2) is 48.5 Å². The SMILES string of the molecule is CCCc1cc(OC)ccc1Oc1ccccc1. The van der Waals surface area contributed by atoms with Crippen molar-refractivity contribution in [1.82, 2.24) is 0 Å². The minimum absolute atomic E-state index is 0.861. The standard InChI is InChI=1S/C16H18O2/c1-3-7-13-12-15(17-2)10-11-16(13)18-14-8-5-4-6-9-14/h4-6,8-12H,3,7H2,1-2H3. The maximum atomic E-state index is 5.91. The lowest BCUT2D eigenvalue weighted by atomic mass is 10.1. The molecule has 0 amide bonds. The zero-order valence-electron chi connectivity index (χ0n) is 10.8. The Morgan fingerprint density at radius 2 is 1.72 bits per heavy atom. The third-order valence-electron chi connectivity index (χ3n) is 2.76. The fraction of sp³-hybridized carbons (Fsp3) is 0.250. The van der Waals surface area contributed by atoms with Crippen molar-refractivity contribution in [3.8, 4) is 17.2 Å². The smallest absolute Gasteiger partial charge is 0.130 e. The maximum absolute atomic E-state index is 5.91. The van der Waals surface area contributed by atoms with E-state index in [2.05, 4.69) is 6.92 Å². The van der Waals surface area contributed by atoms with E-state index < -0.39 is 0 Å². The van der Waals surface area contributed by atoms with E-state index in [0.29, 0.717) is 0 Å². The predicted molar refractivity (Wildman–Crippen MR) is 73.5 cm³/mol. The topological polar surface area (TPSA) is 18.5 Å². The number of benzene rings is 2. The van der Waals surface area contributed by atoms with Crippen molar-refractivity contribution < 1.29 is 9.47 Å². The molecule has 0 bridgehead atoms. The zero-order chi connectivity index (χ0) is 12.8. The average Bonchev–Trinajstić information content (AvgIpc) is 2.42. The molecule has 2 heteroatoms. The van der Waals surface area contributed by atoms with E-state index in [1.54, 1.807) is 7.11 Å². The summed E-state index contributed by atoms with van der Waals surface area (Å²) in [7, 11) is 1.68. The third kappa shape index (κ3) is 3.04. The minimum atomic E-state index is 0.861. The number of para-hydroxylation sites is 1. The molecule has 2 aromatic carbocycles. The quantitative estimate of drug-likeness (QED) is 0.771. The van der Waals surface area contributed by atoms with Gasteiger partial charge in [0.25, 0.3) is 0 Å². The normalized spacial score (nSPS) is 10.1. The first-order valence-corrected chi connectivity index (χ1v) is 6.23. The number of rotatable bonds is 5. The number of hydrogen-bond acceptors (Lipinski definition) is 2. The molecule has 94 valence electrons. The molecule has 0 N–H and O–H groups in total. The molecule has 18 heavy (non-hydrogen) atoms. The van der Waals surface area contributed by atoms with Crippen molar-refractivity contribution in [3.05, 3.63) is 54.1 Å². The van der Waals surface area contributed by atoms with Gasteiger partial charge in [0.05, 0.1) is 7.11 Å². The maximum Gasteiger partial charge on any atom is 0.130 e. The molecule has 2 nitrogen and oxygen atoms in total. The van der Waals surface area contributed by atoms with Crippen molar-refractivity contribution >= 4 is 0 Å². The van der Waals surface area contributed by atoms with Crippen LogP contribution in [0.1, 0.15) is 18.9 Å². The highest BCUT2D eigenvalue weighted by Gasteiger charge is 2.06. The summed E-state index contributed by atoms with van der Waals surface area (Å²) >= 11 is 0. The molecule has 0 aromatic heterocycles. The lowest BCUT2D eigenvalue weighted by Gasteiger charge is -2.12. The van der Waals surface area contributed by atoms with Crippen LogP contribution in [0.2, 0.25) is 0 Å². The van der Waals surface area contributed by atoms with Crippen LogP contribution in [0.4, 0.5) is 0 Å². The van der Waals surface area contributed by atoms with E-state index in [-0.39, 0.29) is 0 Å². The van der Waals surface area contributed by atoms with Gasteiger partial charge in [-0.1, -0.05) is 31.5 Å². The van der Waals surface area contributed by atoms with Gasteiger partial charge in [-0.25, -0.2) is 0 Å². The van der Waals surface area contributed by atoms with Gasteiger partial charge in [-0.15, -0.1) is 0 Å². The van der Waals surface area contributed by atoms with Crippen molar-refractivity contribution in [3.63, 3.8) is 0 Å². The first-order valence-electron chi connectivity index (χ1n) is 6.23. The van der Waals surface area contributed by atoms with Crippen LogP contribution in [0, 0.1) is 0 Å². The van der Waals surface area contributed by atoms with Gasteiger partial charge >= 0.3 is 0 Å². The molecular formula is C16H18O2. The summed E-state index contributed by atoms with van der Waals surface area (Å²) in [5, 5.41) is 0. The first-order chi connectivity index (χ1) is 8.83. The predicted octanol–water partition coefficient (Wildman–Crippen LogP) is 4.44. The van der Waals surface area contributed by atoms with E-state index in [4.69, 9.17) is 9.47 Å². The van der Waals surface area contributed by atoms with Crippen LogP contribution >= 0.6 is 0 Å². The van der Waals surface area contributed by atoms with Gasteiger partial charge in [0.15, 0.2) is 0 Å². The molecule has 0 saturated carbocycles. The van der Waals surface area contributed by atoms with Gasteiger partial charge < -0.3 is 9.47 Å². The highest BCUT2D eigenvalue weighted by molar-refractivity contribution is 5.42. The van der Waals surface area contributed by atoms with Crippen LogP contribution in [0.5, 0.6) is 17.2 Å². The number of aryl methyl sites for hydroxylation is 1. The van der Waals surface area contributed by atoms with Crippen LogP contribution in [-0.4, -0.2) is 7.11 Å². The Labute approximate surface area is 108 Å². The minimum Gasteiger partial charge on any atom is -0.497 e. The Kier molecular flexibility index (Phi) is 4.24. The van der Waals surface area contributed by atoms with Crippen molar-refractivity contribution in [2.24, 2.45) is 0 Å². The molecule has 2 aromatic rings. The first kappa shape index (κ1) is 12.5. The van der Waals surface area contributed by atoms with Crippen molar-refractivity contribution in [2.45, 2.75) is 19.8 Å². The van der Waals surface area contributed by atoms with E-state index in [0.717, 1.165) is 30.1 Å². The van der Waals surface area contributed by atoms with Crippen LogP contribution in [0.25, 0.3) is 0 Å². The van der Waals surface area contributed by atoms with Crippen LogP contribution < -0.4 is 9.47 Å². The highest BCUT2D eigenvalue weighted by Crippen LogP contribution is 2.29. The molecule has 0 atom stereocenters. The molecule has 0 radical (unpaired) electrons. The second kappa shape index (κ2) is 6.10. The Bertz CT molecular complexity index is 492. The summed E-state index contributed by atoms with van der Waals surface area (Å²) in [6, 6.07) is 15.8. The molecule has 0 fully saturated rings. The van der Waals surface area contributed by atoms with E-state index in [9.17, 15) is 0 Å². The molecular weight excluding hydrogens is 224 g/mol. The number of hydrogen-bond donors (Lipinski definition) is 0. The van der Waals surface area contributed by atoms with Gasteiger partial charge in [-0.2, -0.15) is 0 Å². The third-order valence-corrected chi connectivity index (χ3v) is 2.76. The van der Waals surface area contributed by atoms with Crippen molar-refractivity contribution in [2.75, 3.05) is 7.11 Å². The molecule has 0 aliphatic carbocycles. The monoisotopic (exact) mass is 242 g/mol. The average molecular weight is 242 g/mol. The summed E-state index contributed by atoms with van der Waals surface area (Å²) in [6.07, 6.45) is 2.07. The van der Waals surface area contributed by atoms with Gasteiger partial charge in [-0.05, 0) is 42.3 Å². The van der Waals surface area contributed by atoms with Gasteiger partial charge in [-0.3, -0.25) is 0 Å². The largest absolute Gasteiger partial charge is 0.497 e. The van der Waals surface area contributed by atoms with Crippen molar-refractivity contribution in [1.29, 1.82) is 0 Å². The molecule has 0 aliphatic heterocycles. The zero-order valence-corrected chi connectivity index (χ0v) is 10.8. The summed E-state index contributed by atoms with van der Waals surface area (Å²) in [4.78, 5) is 0. The Hall–Kier alpha value is -1.96. The second-order valence-electron chi connectivity index (χ2n) is 4.14. The Balaban J connectivity index is 2.26. The van der Waals surface area contributed by atoms with Gasteiger partial charge in [0.1, 0.15) is 17.2 Å². The fourth-order valence-corrected chi connectivity index (χ4v) is 1.86. The summed E-state index contributed by atoms with van der Waals surface area (Å²) in [5.41, 5.74) is 1.18. The van der Waals surface area contributed by atoms with Crippen LogP contribution in [-0.2, 0) is 6.42 Å². The molecule has 0 spiro atoms. The molecule has 0 saturated heterocycles. The lowest BCUT2D eigenvalue weighted by Crippen LogP contribution is -1.93. The summed E-state index contributed by atoms with van der Waals surface area (Å²) in [5.74, 6) is 2.64. The van der Waals surface area contributed by atoms with Crippen LogP contribution in [0.3, 0.4) is 0 Å². The number of methoxy groups -OCH3 is 1. The molecule has 2 rings (SSSR count). The summed E-state index contributed by atoms with van der Waals surface area (Å²) < 4.78 is 11.2. The fourth-order valence-electron chi connectivity index (χ4n) is 1.86. The highest BCUT2D eigenvalue weighted by atomic mass is 16.5. The molecule has 0 aliphatic rings. The van der Waals surface area contributed by atoms with Gasteiger partial charge in [0.2, 0.25) is 0 Å². The van der Waals surface area contributed by atoms with Gasteiger partial charge in [0, 0.05) is 0 Å². The van der Waals surface area contributed by atoms with E-state index in [1.807, 2.05) is 48.5 Å². The molecule has 0 heterocycles. The second-order valence-corrected chi connectivity index (χ2v) is 4.14. The van der Waals surface area contributed by atoms with E-state index >= 15 is 0 Å². The Morgan fingerprint density at radius 3 is 2.39 bits per heavy atom.